The van der Waals surface area contributed by atoms with E-state index in [1.165, 1.54) is 6.07 Å². The molecule has 0 unspecified atom stereocenters. The van der Waals surface area contributed by atoms with Crippen molar-refractivity contribution in [2.75, 3.05) is 18.1 Å². The van der Waals surface area contributed by atoms with Crippen LogP contribution in [0.1, 0.15) is 5.56 Å². The van der Waals surface area contributed by atoms with Crippen molar-refractivity contribution in [3.63, 3.8) is 0 Å². The quantitative estimate of drug-likeness (QED) is 0.758. The summed E-state index contributed by atoms with van der Waals surface area (Å²) < 4.78 is 19.4. The molecule has 2 aromatic rings. The van der Waals surface area contributed by atoms with E-state index in [2.05, 4.69) is 0 Å². The molecule has 0 aliphatic heterocycles. The molecule has 0 aliphatic carbocycles. The van der Waals surface area contributed by atoms with Crippen LogP contribution >= 0.6 is 11.6 Å². The van der Waals surface area contributed by atoms with Gasteiger partial charge in [0.05, 0.1) is 11.4 Å². The number of halogens is 2. The maximum atomic E-state index is 14.0. The zero-order valence-corrected chi connectivity index (χ0v) is 11.3. The Bertz CT molecular complexity index is 618. The molecule has 0 aromatic heterocycles. The van der Waals surface area contributed by atoms with Crippen LogP contribution in [0.5, 0.6) is 11.5 Å². The minimum Gasteiger partial charge on any atom is -0.452 e. The first-order valence-electron chi connectivity index (χ1n) is 5.93. The fraction of sp³-hybridized carbons (Fsp3) is 0.143. The first-order valence-corrected chi connectivity index (χ1v) is 6.31. The van der Waals surface area contributed by atoms with E-state index in [1.54, 1.807) is 24.3 Å². The lowest BCUT2D eigenvalue weighted by Gasteiger charge is -2.12. The molecule has 0 amide bonds. The monoisotopic (exact) mass is 296 g/mol. The van der Waals surface area contributed by atoms with Crippen molar-refractivity contribution < 1.29 is 14.2 Å². The molecule has 0 fully saturated rings. The predicted octanol–water partition coefficient (Wildman–Crippen LogP) is 2.97. The highest BCUT2D eigenvalue weighted by atomic mass is 35.5. The fourth-order valence-electron chi connectivity index (χ4n) is 1.72. The van der Waals surface area contributed by atoms with Gasteiger partial charge in [0.2, 0.25) is 0 Å². The molecule has 0 aliphatic rings. The lowest BCUT2D eigenvalue weighted by atomic mass is 10.1. The van der Waals surface area contributed by atoms with Crippen molar-refractivity contribution in [2.45, 2.75) is 6.42 Å². The van der Waals surface area contributed by atoms with Crippen LogP contribution in [0.3, 0.4) is 0 Å². The zero-order valence-electron chi connectivity index (χ0n) is 10.6. The highest BCUT2D eigenvalue weighted by Gasteiger charge is 2.16. The van der Waals surface area contributed by atoms with Gasteiger partial charge < -0.3 is 21.3 Å². The van der Waals surface area contributed by atoms with Crippen LogP contribution in [-0.2, 0) is 6.42 Å². The van der Waals surface area contributed by atoms with Crippen LogP contribution < -0.4 is 16.2 Å². The molecule has 0 radical (unpaired) electrons. The molecule has 0 saturated heterocycles. The number of aliphatic hydroxyl groups excluding tert-OH is 1. The van der Waals surface area contributed by atoms with Gasteiger partial charge in [0, 0.05) is 6.61 Å². The Morgan fingerprint density at radius 3 is 2.40 bits per heavy atom. The summed E-state index contributed by atoms with van der Waals surface area (Å²) in [6.07, 6.45) is 0.546. The summed E-state index contributed by atoms with van der Waals surface area (Å²) in [4.78, 5) is 0. The minimum absolute atomic E-state index is 0.0623. The van der Waals surface area contributed by atoms with Crippen LogP contribution in [-0.4, -0.2) is 11.7 Å². The third-order valence-corrected chi connectivity index (χ3v) is 3.15. The number of nitrogens with two attached hydrogens (primary N) is 2. The molecule has 20 heavy (non-hydrogen) atoms. The molecule has 0 bridgehead atoms. The van der Waals surface area contributed by atoms with Crippen LogP contribution in [0, 0.1) is 5.82 Å². The lowest BCUT2D eigenvalue weighted by Crippen LogP contribution is -1.99. The van der Waals surface area contributed by atoms with Gasteiger partial charge in [-0.25, -0.2) is 4.39 Å². The van der Waals surface area contributed by atoms with E-state index in [0.717, 1.165) is 5.56 Å². The van der Waals surface area contributed by atoms with Crippen molar-refractivity contribution in [3.05, 3.63) is 46.7 Å². The number of ether oxygens (including phenoxy) is 1. The van der Waals surface area contributed by atoms with E-state index in [9.17, 15) is 4.39 Å². The lowest BCUT2D eigenvalue weighted by molar-refractivity contribution is 0.299. The summed E-state index contributed by atoms with van der Waals surface area (Å²) in [5, 5.41) is 8.61. The first kappa shape index (κ1) is 14.4. The second kappa shape index (κ2) is 5.98. The fourth-order valence-corrected chi connectivity index (χ4v) is 1.86. The van der Waals surface area contributed by atoms with Crippen molar-refractivity contribution >= 4 is 23.0 Å². The number of benzene rings is 2. The number of rotatable bonds is 4. The van der Waals surface area contributed by atoms with Gasteiger partial charge in [0.1, 0.15) is 10.8 Å². The molecular weight excluding hydrogens is 283 g/mol. The molecule has 5 N–H and O–H groups in total. The molecule has 0 heterocycles. The van der Waals surface area contributed by atoms with Gasteiger partial charge in [0.25, 0.3) is 0 Å². The van der Waals surface area contributed by atoms with Gasteiger partial charge in [-0.1, -0.05) is 23.7 Å². The standard InChI is InChI=1S/C14H14ClFN2O2/c15-12-10(17)7-11(18)14(13(12)16)20-9-3-1-8(2-4-9)5-6-19/h1-4,7,19H,5-6,17-18H2. The summed E-state index contributed by atoms with van der Waals surface area (Å²) in [7, 11) is 0. The molecule has 0 atom stereocenters. The normalized spacial score (nSPS) is 10.6. The Morgan fingerprint density at radius 2 is 1.80 bits per heavy atom. The van der Waals surface area contributed by atoms with Gasteiger partial charge in [-0.2, -0.15) is 0 Å². The Kier molecular flexibility index (Phi) is 4.32. The van der Waals surface area contributed by atoms with Crippen molar-refractivity contribution in [1.29, 1.82) is 0 Å². The number of nitrogen functional groups attached to an aromatic ring is 2. The van der Waals surface area contributed by atoms with E-state index < -0.39 is 5.82 Å². The maximum Gasteiger partial charge on any atom is 0.188 e. The topological polar surface area (TPSA) is 81.5 Å². The summed E-state index contributed by atoms with van der Waals surface area (Å²) in [5.41, 5.74) is 12.3. The highest BCUT2D eigenvalue weighted by molar-refractivity contribution is 6.33. The van der Waals surface area contributed by atoms with E-state index in [0.29, 0.717) is 12.2 Å². The molecule has 106 valence electrons. The molecular formula is C14H14ClFN2O2. The van der Waals surface area contributed by atoms with Crippen LogP contribution in [0.15, 0.2) is 30.3 Å². The number of hydrogen-bond acceptors (Lipinski definition) is 4. The smallest absolute Gasteiger partial charge is 0.188 e. The third-order valence-electron chi connectivity index (χ3n) is 2.76. The number of aliphatic hydroxyl groups is 1. The molecule has 6 heteroatoms. The maximum absolute atomic E-state index is 14.0. The van der Waals surface area contributed by atoms with Crippen LogP contribution in [0.25, 0.3) is 0 Å². The van der Waals surface area contributed by atoms with Gasteiger partial charge >= 0.3 is 0 Å². The van der Waals surface area contributed by atoms with Crippen molar-refractivity contribution in [1.82, 2.24) is 0 Å². The molecule has 2 rings (SSSR count). The SMILES string of the molecule is Nc1cc(N)c(Oc2ccc(CCO)cc2)c(F)c1Cl. The van der Waals surface area contributed by atoms with E-state index in [4.69, 9.17) is 32.9 Å². The predicted molar refractivity (Wildman–Crippen MR) is 77.5 cm³/mol. The Labute approximate surface area is 120 Å². The Morgan fingerprint density at radius 1 is 1.15 bits per heavy atom. The summed E-state index contributed by atoms with van der Waals surface area (Å²) in [5.74, 6) is -0.527. The minimum atomic E-state index is -0.788. The van der Waals surface area contributed by atoms with E-state index in [1.807, 2.05) is 0 Å². The molecule has 0 saturated carbocycles. The summed E-state index contributed by atoms with van der Waals surface area (Å²) in [6, 6.07) is 8.22. The van der Waals surface area contributed by atoms with E-state index in [-0.39, 0.29) is 28.8 Å². The van der Waals surface area contributed by atoms with E-state index >= 15 is 0 Å². The zero-order chi connectivity index (χ0) is 14.7. The van der Waals surface area contributed by atoms with Crippen LogP contribution in [0.4, 0.5) is 15.8 Å². The van der Waals surface area contributed by atoms with Crippen molar-refractivity contribution in [3.8, 4) is 11.5 Å². The first-order chi connectivity index (χ1) is 9.52. The molecule has 4 nitrogen and oxygen atoms in total. The van der Waals surface area contributed by atoms with Crippen LogP contribution in [0.2, 0.25) is 5.02 Å². The summed E-state index contributed by atoms with van der Waals surface area (Å²) >= 11 is 5.72. The van der Waals surface area contributed by atoms with Gasteiger partial charge in [-0.15, -0.1) is 0 Å². The number of anilines is 2. The average Bonchev–Trinajstić information content (AvgIpc) is 2.43. The average molecular weight is 297 g/mol. The molecule has 2 aromatic carbocycles. The van der Waals surface area contributed by atoms with Gasteiger partial charge in [-0.05, 0) is 30.2 Å². The van der Waals surface area contributed by atoms with Crippen molar-refractivity contribution in [2.24, 2.45) is 0 Å². The Hall–Kier alpha value is -1.98. The van der Waals surface area contributed by atoms with Gasteiger partial charge in [-0.3, -0.25) is 0 Å². The largest absolute Gasteiger partial charge is 0.452 e. The second-order valence-corrected chi connectivity index (χ2v) is 4.61. The third kappa shape index (κ3) is 2.95. The second-order valence-electron chi connectivity index (χ2n) is 4.23. The Balaban J connectivity index is 2.28. The summed E-state index contributed by atoms with van der Waals surface area (Å²) in [6.45, 7) is 0.0648. The highest BCUT2D eigenvalue weighted by Crippen LogP contribution is 2.37. The number of hydrogen-bond donors (Lipinski definition) is 3. The molecule has 0 spiro atoms. The van der Waals surface area contributed by atoms with Gasteiger partial charge in [0.15, 0.2) is 11.6 Å².